The van der Waals surface area contributed by atoms with Gasteiger partial charge in [0.15, 0.2) is 0 Å². The molecule has 0 radical (unpaired) electrons. The molecule has 0 saturated carbocycles. The van der Waals surface area contributed by atoms with Gasteiger partial charge in [-0.25, -0.2) is 0 Å². The fourth-order valence-electron chi connectivity index (χ4n) is 1.80. The fourth-order valence-corrected chi connectivity index (χ4v) is 1.80. The summed E-state index contributed by atoms with van der Waals surface area (Å²) in [5, 5.41) is 0. The van der Waals surface area contributed by atoms with Crippen LogP contribution < -0.4 is 0 Å². The highest BCUT2D eigenvalue weighted by molar-refractivity contribution is 5.62. The Labute approximate surface area is 90.0 Å². The SMILES string of the molecule is CN=CC(C(C)C(C)(C)C)C(C)(C)C. The van der Waals surface area contributed by atoms with Gasteiger partial charge in [0.2, 0.25) is 0 Å². The van der Waals surface area contributed by atoms with Crippen LogP contribution in [-0.2, 0) is 0 Å². The number of rotatable bonds is 2. The van der Waals surface area contributed by atoms with Crippen molar-refractivity contribution in [3.8, 4) is 0 Å². The second-order valence-corrected chi connectivity index (χ2v) is 6.45. The van der Waals surface area contributed by atoms with Gasteiger partial charge in [-0.15, -0.1) is 0 Å². The van der Waals surface area contributed by atoms with Crippen LogP contribution in [0, 0.1) is 22.7 Å². The van der Waals surface area contributed by atoms with Crippen LogP contribution in [0.1, 0.15) is 48.5 Å². The van der Waals surface area contributed by atoms with Crippen LogP contribution in [-0.4, -0.2) is 13.3 Å². The van der Waals surface area contributed by atoms with Crippen LogP contribution in [0.3, 0.4) is 0 Å². The summed E-state index contributed by atoms with van der Waals surface area (Å²) >= 11 is 0. The predicted octanol–water partition coefficient (Wildman–Crippen LogP) is 4.03. The molecule has 0 rings (SSSR count). The topological polar surface area (TPSA) is 12.4 Å². The van der Waals surface area contributed by atoms with Crippen LogP contribution in [0.25, 0.3) is 0 Å². The maximum absolute atomic E-state index is 4.21. The summed E-state index contributed by atoms with van der Waals surface area (Å²) < 4.78 is 0. The summed E-state index contributed by atoms with van der Waals surface area (Å²) in [5.74, 6) is 1.19. The Morgan fingerprint density at radius 3 is 1.57 bits per heavy atom. The molecule has 2 unspecified atom stereocenters. The van der Waals surface area contributed by atoms with E-state index in [2.05, 4.69) is 59.7 Å². The standard InChI is InChI=1S/C13H27N/c1-10(12(2,3)4)11(9-14-8)13(5,6)7/h9-11H,1-8H3. The molecule has 0 aromatic rings. The van der Waals surface area contributed by atoms with Gasteiger partial charge in [-0.3, -0.25) is 0 Å². The molecule has 14 heavy (non-hydrogen) atoms. The van der Waals surface area contributed by atoms with E-state index in [9.17, 15) is 0 Å². The van der Waals surface area contributed by atoms with Crippen molar-refractivity contribution in [2.45, 2.75) is 48.5 Å². The Morgan fingerprint density at radius 2 is 1.36 bits per heavy atom. The number of aliphatic imine (C=N–C) groups is 1. The molecule has 0 saturated heterocycles. The lowest BCUT2D eigenvalue weighted by atomic mass is 9.65. The van der Waals surface area contributed by atoms with Gasteiger partial charge in [0.05, 0.1) is 0 Å². The van der Waals surface area contributed by atoms with E-state index in [4.69, 9.17) is 0 Å². The van der Waals surface area contributed by atoms with E-state index in [0.29, 0.717) is 22.7 Å². The fraction of sp³-hybridized carbons (Fsp3) is 0.923. The summed E-state index contributed by atoms with van der Waals surface area (Å²) in [6, 6.07) is 0. The van der Waals surface area contributed by atoms with Crippen LogP contribution in [0.2, 0.25) is 0 Å². The molecule has 0 bridgehead atoms. The highest BCUT2D eigenvalue weighted by atomic mass is 14.7. The van der Waals surface area contributed by atoms with Gasteiger partial charge >= 0.3 is 0 Å². The zero-order valence-electron chi connectivity index (χ0n) is 11.2. The van der Waals surface area contributed by atoms with E-state index in [-0.39, 0.29) is 0 Å². The van der Waals surface area contributed by atoms with Gasteiger partial charge < -0.3 is 4.99 Å². The van der Waals surface area contributed by atoms with Gasteiger partial charge in [0.25, 0.3) is 0 Å². The molecule has 0 heterocycles. The van der Waals surface area contributed by atoms with Crippen molar-refractivity contribution in [2.24, 2.45) is 27.7 Å². The predicted molar refractivity (Wildman–Crippen MR) is 66.0 cm³/mol. The zero-order valence-corrected chi connectivity index (χ0v) is 11.2. The Bertz CT molecular complexity index is 190. The van der Waals surface area contributed by atoms with E-state index in [1.807, 2.05) is 7.05 Å². The first-order chi connectivity index (χ1) is 6.10. The van der Waals surface area contributed by atoms with E-state index in [1.165, 1.54) is 0 Å². The molecule has 84 valence electrons. The van der Waals surface area contributed by atoms with Gasteiger partial charge in [0.1, 0.15) is 0 Å². The summed E-state index contributed by atoms with van der Waals surface area (Å²) in [6.45, 7) is 16.1. The zero-order chi connectivity index (χ0) is 11.6. The van der Waals surface area contributed by atoms with Crippen molar-refractivity contribution in [3.63, 3.8) is 0 Å². The normalized spacial score (nSPS) is 18.6. The average Bonchev–Trinajstić information content (AvgIpc) is 1.94. The highest BCUT2D eigenvalue weighted by Gasteiger charge is 2.34. The van der Waals surface area contributed by atoms with Crippen LogP contribution >= 0.6 is 0 Å². The van der Waals surface area contributed by atoms with Crippen molar-refractivity contribution in [3.05, 3.63) is 0 Å². The van der Waals surface area contributed by atoms with Crippen LogP contribution in [0.4, 0.5) is 0 Å². The maximum atomic E-state index is 4.21. The van der Waals surface area contributed by atoms with Gasteiger partial charge in [-0.1, -0.05) is 48.5 Å². The molecule has 2 atom stereocenters. The van der Waals surface area contributed by atoms with E-state index in [0.717, 1.165) is 0 Å². The van der Waals surface area contributed by atoms with Crippen molar-refractivity contribution in [1.82, 2.24) is 0 Å². The first kappa shape index (κ1) is 13.7. The van der Waals surface area contributed by atoms with Crippen molar-refractivity contribution in [1.29, 1.82) is 0 Å². The molecule has 0 N–H and O–H groups in total. The van der Waals surface area contributed by atoms with E-state index >= 15 is 0 Å². The number of nitrogens with zero attached hydrogens (tertiary/aromatic N) is 1. The van der Waals surface area contributed by atoms with Crippen molar-refractivity contribution in [2.75, 3.05) is 7.05 Å². The van der Waals surface area contributed by atoms with E-state index < -0.39 is 0 Å². The van der Waals surface area contributed by atoms with Crippen molar-refractivity contribution < 1.29 is 0 Å². The Hall–Kier alpha value is -0.330. The number of hydrogen-bond acceptors (Lipinski definition) is 1. The minimum atomic E-state index is 0.298. The molecule has 0 aliphatic heterocycles. The second kappa shape index (κ2) is 4.46. The minimum absolute atomic E-state index is 0.298. The second-order valence-electron chi connectivity index (χ2n) is 6.45. The maximum Gasteiger partial charge on any atom is 0.0273 e. The summed E-state index contributed by atoms with van der Waals surface area (Å²) in [6.07, 6.45) is 2.12. The van der Waals surface area contributed by atoms with Gasteiger partial charge in [-0.2, -0.15) is 0 Å². The Kier molecular flexibility index (Phi) is 4.35. The van der Waals surface area contributed by atoms with Crippen molar-refractivity contribution >= 4 is 6.21 Å². The third kappa shape index (κ3) is 3.81. The summed E-state index contributed by atoms with van der Waals surface area (Å²) in [4.78, 5) is 4.21. The Morgan fingerprint density at radius 1 is 0.929 bits per heavy atom. The molecule has 0 aromatic carbocycles. The summed E-state index contributed by atoms with van der Waals surface area (Å²) in [7, 11) is 1.87. The molecule has 0 fully saturated rings. The summed E-state index contributed by atoms with van der Waals surface area (Å²) in [5.41, 5.74) is 0.644. The first-order valence-electron chi connectivity index (χ1n) is 5.53. The van der Waals surface area contributed by atoms with Gasteiger partial charge in [0, 0.05) is 19.2 Å². The molecule has 0 aliphatic rings. The van der Waals surface area contributed by atoms with Crippen LogP contribution in [0.15, 0.2) is 4.99 Å². The highest BCUT2D eigenvalue weighted by Crippen LogP contribution is 2.39. The monoisotopic (exact) mass is 197 g/mol. The molecule has 1 nitrogen and oxygen atoms in total. The lowest BCUT2D eigenvalue weighted by molar-refractivity contribution is 0.138. The lowest BCUT2D eigenvalue weighted by Crippen LogP contribution is -2.35. The smallest absolute Gasteiger partial charge is 0.0273 e. The third-order valence-corrected chi connectivity index (χ3v) is 3.21. The molecule has 0 amide bonds. The average molecular weight is 197 g/mol. The lowest BCUT2D eigenvalue weighted by Gasteiger charge is -2.39. The first-order valence-corrected chi connectivity index (χ1v) is 5.53. The minimum Gasteiger partial charge on any atom is -0.301 e. The quantitative estimate of drug-likeness (QED) is 0.593. The molecular formula is C13H27N. The molecule has 1 heteroatoms. The molecular weight excluding hydrogens is 170 g/mol. The van der Waals surface area contributed by atoms with Gasteiger partial charge in [-0.05, 0) is 16.7 Å². The number of hydrogen-bond donors (Lipinski definition) is 0. The van der Waals surface area contributed by atoms with E-state index in [1.54, 1.807) is 0 Å². The third-order valence-electron chi connectivity index (χ3n) is 3.21. The largest absolute Gasteiger partial charge is 0.301 e. The molecule has 0 aromatic heterocycles. The van der Waals surface area contributed by atoms with Crippen LogP contribution in [0.5, 0.6) is 0 Å². The molecule has 0 aliphatic carbocycles. The Balaban J connectivity index is 4.85. The molecule has 0 spiro atoms.